The van der Waals surface area contributed by atoms with Crippen molar-refractivity contribution in [2.24, 2.45) is 0 Å². The van der Waals surface area contributed by atoms with E-state index < -0.39 is 0 Å². The van der Waals surface area contributed by atoms with E-state index in [1.807, 2.05) is 18.3 Å². The molecule has 14 heavy (non-hydrogen) atoms. The molecule has 1 aromatic heterocycles. The monoisotopic (exact) mass is 207 g/mol. The molecular formula is C12H17NS. The molecule has 0 saturated carbocycles. The molecule has 0 spiro atoms. The van der Waals surface area contributed by atoms with Gasteiger partial charge < -0.3 is 5.32 Å². The van der Waals surface area contributed by atoms with Crippen molar-refractivity contribution in [2.75, 3.05) is 6.54 Å². The number of nitrogens with one attached hydrogen (secondary N) is 1. The van der Waals surface area contributed by atoms with Crippen LogP contribution in [-0.2, 0) is 0 Å². The summed E-state index contributed by atoms with van der Waals surface area (Å²) in [6, 6.07) is 2.62. The van der Waals surface area contributed by atoms with Gasteiger partial charge in [-0.25, -0.2) is 0 Å². The largest absolute Gasteiger partial charge is 0.309 e. The second-order valence-electron chi connectivity index (χ2n) is 3.32. The Morgan fingerprint density at radius 3 is 2.93 bits per heavy atom. The molecule has 0 bridgehead atoms. The average Bonchev–Trinajstić information content (AvgIpc) is 2.59. The summed E-state index contributed by atoms with van der Waals surface area (Å²) in [5.41, 5.74) is 1.39. The first-order valence-corrected chi connectivity index (χ1v) is 5.80. The van der Waals surface area contributed by atoms with Gasteiger partial charge in [-0.05, 0) is 37.8 Å². The van der Waals surface area contributed by atoms with Gasteiger partial charge in [-0.2, -0.15) is 0 Å². The summed E-state index contributed by atoms with van der Waals surface area (Å²) in [4.78, 5) is 1.44. The summed E-state index contributed by atoms with van der Waals surface area (Å²) in [5.74, 6) is 5.95. The van der Waals surface area contributed by atoms with Gasteiger partial charge in [-0.15, -0.1) is 23.2 Å². The molecule has 1 nitrogen and oxygen atoms in total. The maximum atomic E-state index is 3.47. The Kier molecular flexibility index (Phi) is 4.72. The minimum Gasteiger partial charge on any atom is -0.309 e. The number of hydrogen-bond donors (Lipinski definition) is 1. The maximum absolute atomic E-state index is 3.47. The molecule has 1 rings (SSSR count). The molecule has 0 fully saturated rings. The van der Waals surface area contributed by atoms with Gasteiger partial charge in [0.25, 0.3) is 0 Å². The van der Waals surface area contributed by atoms with Gasteiger partial charge in [0.15, 0.2) is 0 Å². The summed E-state index contributed by atoms with van der Waals surface area (Å²) in [6.45, 7) is 7.22. The molecule has 1 N–H and O–H groups in total. The van der Waals surface area contributed by atoms with Crippen LogP contribution in [0.25, 0.3) is 0 Å². The van der Waals surface area contributed by atoms with Crippen molar-refractivity contribution in [3.05, 3.63) is 21.9 Å². The highest BCUT2D eigenvalue weighted by Gasteiger charge is 2.07. The zero-order chi connectivity index (χ0) is 10.4. The first-order valence-electron chi connectivity index (χ1n) is 4.92. The quantitative estimate of drug-likeness (QED) is 0.591. The lowest BCUT2D eigenvalue weighted by molar-refractivity contribution is 0.590. The van der Waals surface area contributed by atoms with Crippen molar-refractivity contribution >= 4 is 11.3 Å². The lowest BCUT2D eigenvalue weighted by Crippen LogP contribution is -2.19. The van der Waals surface area contributed by atoms with Crippen molar-refractivity contribution in [1.29, 1.82) is 0 Å². The zero-order valence-electron chi connectivity index (χ0n) is 9.05. The SMILES string of the molecule is CC#CCCNC(C)c1sccc1C. The van der Waals surface area contributed by atoms with Gasteiger partial charge in [-0.3, -0.25) is 0 Å². The summed E-state index contributed by atoms with van der Waals surface area (Å²) >= 11 is 1.82. The number of thiophene rings is 1. The predicted octanol–water partition coefficient (Wildman–Crippen LogP) is 3.12. The Balaban J connectivity index is 2.38. The molecule has 0 aromatic carbocycles. The number of hydrogen-bond acceptors (Lipinski definition) is 2. The van der Waals surface area contributed by atoms with E-state index in [0.717, 1.165) is 13.0 Å². The first-order chi connectivity index (χ1) is 6.75. The standard InChI is InChI=1S/C12H17NS/c1-4-5-6-8-13-11(3)12-10(2)7-9-14-12/h7,9,11,13H,6,8H2,1-3H3. The van der Waals surface area contributed by atoms with Crippen LogP contribution in [0, 0.1) is 18.8 Å². The van der Waals surface area contributed by atoms with Crippen LogP contribution in [0.4, 0.5) is 0 Å². The summed E-state index contributed by atoms with van der Waals surface area (Å²) in [6.07, 6.45) is 0.936. The highest BCUT2D eigenvalue weighted by molar-refractivity contribution is 7.10. The minimum absolute atomic E-state index is 0.452. The number of aryl methyl sites for hydroxylation is 1. The normalized spacial score (nSPS) is 11.9. The molecule has 0 aliphatic heterocycles. The topological polar surface area (TPSA) is 12.0 Å². The molecule has 2 heteroatoms. The molecule has 1 unspecified atom stereocenters. The van der Waals surface area contributed by atoms with Crippen molar-refractivity contribution < 1.29 is 0 Å². The Labute approximate surface area is 90.5 Å². The van der Waals surface area contributed by atoms with Gasteiger partial charge in [0.2, 0.25) is 0 Å². The van der Waals surface area contributed by atoms with Crippen LogP contribution in [-0.4, -0.2) is 6.54 Å². The first kappa shape index (κ1) is 11.3. The van der Waals surface area contributed by atoms with E-state index in [-0.39, 0.29) is 0 Å². The van der Waals surface area contributed by atoms with Crippen molar-refractivity contribution in [2.45, 2.75) is 33.2 Å². The van der Waals surface area contributed by atoms with Gasteiger partial charge in [0, 0.05) is 23.9 Å². The molecule has 76 valence electrons. The Morgan fingerprint density at radius 2 is 2.36 bits per heavy atom. The van der Waals surface area contributed by atoms with Gasteiger partial charge in [0.05, 0.1) is 0 Å². The fourth-order valence-electron chi connectivity index (χ4n) is 1.40. The fourth-order valence-corrected chi connectivity index (χ4v) is 2.36. The van der Waals surface area contributed by atoms with Crippen LogP contribution in [0.5, 0.6) is 0 Å². The number of rotatable bonds is 4. The zero-order valence-corrected chi connectivity index (χ0v) is 9.87. The molecule has 0 aliphatic carbocycles. The summed E-state index contributed by atoms with van der Waals surface area (Å²) < 4.78 is 0. The predicted molar refractivity (Wildman–Crippen MR) is 63.5 cm³/mol. The Bertz CT molecular complexity index is 330. The lowest BCUT2D eigenvalue weighted by Gasteiger charge is -2.11. The van der Waals surface area contributed by atoms with Crippen LogP contribution in [0.1, 0.15) is 36.8 Å². The van der Waals surface area contributed by atoms with Crippen molar-refractivity contribution in [3.8, 4) is 11.8 Å². The van der Waals surface area contributed by atoms with E-state index in [1.54, 1.807) is 0 Å². The molecule has 0 aliphatic rings. The van der Waals surface area contributed by atoms with Crippen LogP contribution < -0.4 is 5.32 Å². The van der Waals surface area contributed by atoms with E-state index in [4.69, 9.17) is 0 Å². The lowest BCUT2D eigenvalue weighted by atomic mass is 10.2. The van der Waals surface area contributed by atoms with Crippen molar-refractivity contribution in [3.63, 3.8) is 0 Å². The van der Waals surface area contributed by atoms with E-state index in [9.17, 15) is 0 Å². The average molecular weight is 207 g/mol. The third-order valence-electron chi connectivity index (χ3n) is 2.17. The van der Waals surface area contributed by atoms with Crippen LogP contribution in [0.2, 0.25) is 0 Å². The maximum Gasteiger partial charge on any atom is 0.0389 e. The Hall–Kier alpha value is -0.780. The van der Waals surface area contributed by atoms with Crippen LogP contribution in [0.3, 0.4) is 0 Å². The van der Waals surface area contributed by atoms with E-state index >= 15 is 0 Å². The smallest absolute Gasteiger partial charge is 0.0389 e. The molecule has 1 aromatic rings. The highest BCUT2D eigenvalue weighted by Crippen LogP contribution is 2.22. The van der Waals surface area contributed by atoms with Gasteiger partial charge >= 0.3 is 0 Å². The molecule has 0 radical (unpaired) electrons. The second-order valence-corrected chi connectivity index (χ2v) is 4.27. The Morgan fingerprint density at radius 1 is 1.57 bits per heavy atom. The molecule has 1 heterocycles. The minimum atomic E-state index is 0.452. The van der Waals surface area contributed by atoms with Gasteiger partial charge in [0.1, 0.15) is 0 Å². The van der Waals surface area contributed by atoms with Gasteiger partial charge in [-0.1, -0.05) is 0 Å². The second kappa shape index (κ2) is 5.85. The van der Waals surface area contributed by atoms with E-state index in [0.29, 0.717) is 6.04 Å². The van der Waals surface area contributed by atoms with Crippen LogP contribution in [0.15, 0.2) is 11.4 Å². The third kappa shape index (κ3) is 3.17. The van der Waals surface area contributed by atoms with E-state index in [2.05, 4.69) is 42.5 Å². The fraction of sp³-hybridized carbons (Fsp3) is 0.500. The third-order valence-corrected chi connectivity index (χ3v) is 3.37. The molecular weight excluding hydrogens is 190 g/mol. The highest BCUT2D eigenvalue weighted by atomic mass is 32.1. The summed E-state index contributed by atoms with van der Waals surface area (Å²) in [7, 11) is 0. The van der Waals surface area contributed by atoms with E-state index in [1.165, 1.54) is 10.4 Å². The van der Waals surface area contributed by atoms with Crippen molar-refractivity contribution in [1.82, 2.24) is 5.32 Å². The molecule has 1 atom stereocenters. The molecule has 0 saturated heterocycles. The molecule has 0 amide bonds. The summed E-state index contributed by atoms with van der Waals surface area (Å²) in [5, 5.41) is 5.62. The van der Waals surface area contributed by atoms with Crippen LogP contribution >= 0.6 is 11.3 Å².